The molecule has 0 amide bonds. The van der Waals surface area contributed by atoms with Crippen LogP contribution < -0.4 is 15.4 Å². The number of nitrogens with zero attached hydrogens (tertiary/aromatic N) is 1. The third kappa shape index (κ3) is 6.01. The number of hydrogen-bond donors (Lipinski definition) is 2. The summed E-state index contributed by atoms with van der Waals surface area (Å²) in [5.41, 5.74) is 2.26. The standard InChI is InChI=1S/C20H26ClN3O/c21-19-6-7-20(25-16-17-4-2-1-3-5-17)18(14-19)15-23-10-13-24-11-8-22-9-12-24/h1-7,14,22-23H,8-13,15-16H2. The molecule has 0 radical (unpaired) electrons. The van der Waals surface area contributed by atoms with Crippen LogP contribution in [-0.2, 0) is 13.2 Å². The van der Waals surface area contributed by atoms with Gasteiger partial charge < -0.3 is 15.4 Å². The third-order valence-electron chi connectivity index (χ3n) is 4.39. The Morgan fingerprint density at radius 1 is 1.08 bits per heavy atom. The second-order valence-corrected chi connectivity index (χ2v) is 6.73. The molecule has 1 saturated heterocycles. The number of ether oxygens (including phenoxy) is 1. The van der Waals surface area contributed by atoms with Crippen LogP contribution in [0.5, 0.6) is 5.75 Å². The maximum Gasteiger partial charge on any atom is 0.124 e. The van der Waals surface area contributed by atoms with Crippen molar-refractivity contribution in [2.45, 2.75) is 13.2 Å². The fourth-order valence-corrected chi connectivity index (χ4v) is 3.15. The van der Waals surface area contributed by atoms with Gasteiger partial charge in [-0.15, -0.1) is 0 Å². The van der Waals surface area contributed by atoms with E-state index in [9.17, 15) is 0 Å². The van der Waals surface area contributed by atoms with E-state index in [4.69, 9.17) is 16.3 Å². The maximum absolute atomic E-state index is 6.17. The molecule has 4 nitrogen and oxygen atoms in total. The molecule has 0 unspecified atom stereocenters. The molecule has 0 bridgehead atoms. The van der Waals surface area contributed by atoms with Gasteiger partial charge in [-0.3, -0.25) is 4.90 Å². The van der Waals surface area contributed by atoms with E-state index in [1.165, 1.54) is 0 Å². The van der Waals surface area contributed by atoms with Crippen LogP contribution in [0.1, 0.15) is 11.1 Å². The summed E-state index contributed by atoms with van der Waals surface area (Å²) in [6.07, 6.45) is 0. The molecule has 0 aromatic heterocycles. The van der Waals surface area contributed by atoms with Crippen molar-refractivity contribution >= 4 is 11.6 Å². The van der Waals surface area contributed by atoms with E-state index in [2.05, 4.69) is 27.7 Å². The van der Waals surface area contributed by atoms with Crippen LogP contribution in [0.3, 0.4) is 0 Å². The Kier molecular flexibility index (Phi) is 7.12. The molecule has 2 aromatic rings. The maximum atomic E-state index is 6.17. The second kappa shape index (κ2) is 9.78. The zero-order valence-corrected chi connectivity index (χ0v) is 15.3. The van der Waals surface area contributed by atoms with Gasteiger partial charge in [0.2, 0.25) is 0 Å². The van der Waals surface area contributed by atoms with Crippen molar-refractivity contribution in [3.63, 3.8) is 0 Å². The fraction of sp³-hybridized carbons (Fsp3) is 0.400. The lowest BCUT2D eigenvalue weighted by atomic mass is 10.2. The summed E-state index contributed by atoms with van der Waals surface area (Å²) in [4.78, 5) is 2.48. The SMILES string of the molecule is Clc1ccc(OCc2ccccc2)c(CNCCN2CCNCC2)c1. The summed E-state index contributed by atoms with van der Waals surface area (Å²) in [6.45, 7) is 7.80. The quantitative estimate of drug-likeness (QED) is 0.710. The lowest BCUT2D eigenvalue weighted by Crippen LogP contribution is -2.45. The van der Waals surface area contributed by atoms with Crippen LogP contribution in [-0.4, -0.2) is 44.2 Å². The molecule has 0 spiro atoms. The molecule has 25 heavy (non-hydrogen) atoms. The molecule has 2 N–H and O–H groups in total. The summed E-state index contributed by atoms with van der Waals surface area (Å²) in [5.74, 6) is 0.892. The first-order valence-electron chi connectivity index (χ1n) is 8.90. The predicted molar refractivity (Wildman–Crippen MR) is 103 cm³/mol. The molecule has 0 saturated carbocycles. The van der Waals surface area contributed by atoms with Crippen molar-refractivity contribution in [1.29, 1.82) is 0 Å². The third-order valence-corrected chi connectivity index (χ3v) is 4.62. The number of halogens is 1. The van der Waals surface area contributed by atoms with Crippen LogP contribution in [0.4, 0.5) is 0 Å². The summed E-state index contributed by atoms with van der Waals surface area (Å²) >= 11 is 6.17. The lowest BCUT2D eigenvalue weighted by molar-refractivity contribution is 0.240. The average molecular weight is 360 g/mol. The first kappa shape index (κ1) is 18.2. The molecule has 1 heterocycles. The van der Waals surface area contributed by atoms with E-state index in [-0.39, 0.29) is 0 Å². The molecule has 1 aliphatic heterocycles. The highest BCUT2D eigenvalue weighted by molar-refractivity contribution is 6.30. The molecule has 2 aromatic carbocycles. The first-order valence-corrected chi connectivity index (χ1v) is 9.28. The topological polar surface area (TPSA) is 36.5 Å². The second-order valence-electron chi connectivity index (χ2n) is 6.29. The molecular formula is C20H26ClN3O. The Hall–Kier alpha value is -1.59. The molecule has 3 rings (SSSR count). The minimum atomic E-state index is 0.566. The van der Waals surface area contributed by atoms with Crippen molar-refractivity contribution in [2.24, 2.45) is 0 Å². The monoisotopic (exact) mass is 359 g/mol. The van der Waals surface area contributed by atoms with E-state index in [1.807, 2.05) is 36.4 Å². The van der Waals surface area contributed by atoms with Gasteiger partial charge in [-0.25, -0.2) is 0 Å². The molecule has 1 fully saturated rings. The van der Waals surface area contributed by atoms with Gasteiger partial charge in [0, 0.05) is 56.4 Å². The highest BCUT2D eigenvalue weighted by Crippen LogP contribution is 2.23. The van der Waals surface area contributed by atoms with Crippen molar-refractivity contribution < 1.29 is 4.74 Å². The number of hydrogen-bond acceptors (Lipinski definition) is 4. The Balaban J connectivity index is 1.50. The number of rotatable bonds is 8. The Morgan fingerprint density at radius 3 is 2.68 bits per heavy atom. The van der Waals surface area contributed by atoms with Gasteiger partial charge >= 0.3 is 0 Å². The van der Waals surface area contributed by atoms with Gasteiger partial charge in [-0.2, -0.15) is 0 Å². The van der Waals surface area contributed by atoms with E-state index >= 15 is 0 Å². The van der Waals surface area contributed by atoms with Crippen molar-refractivity contribution in [1.82, 2.24) is 15.5 Å². The average Bonchev–Trinajstić information content (AvgIpc) is 2.66. The van der Waals surface area contributed by atoms with Crippen LogP contribution in [0.25, 0.3) is 0 Å². The van der Waals surface area contributed by atoms with Crippen LogP contribution in [0.2, 0.25) is 5.02 Å². The predicted octanol–water partition coefficient (Wildman–Crippen LogP) is 2.91. The molecule has 0 aliphatic carbocycles. The zero-order valence-electron chi connectivity index (χ0n) is 14.5. The van der Waals surface area contributed by atoms with Gasteiger partial charge in [-0.05, 0) is 23.8 Å². The molecule has 1 aliphatic rings. The van der Waals surface area contributed by atoms with Gasteiger partial charge in [0.05, 0.1) is 0 Å². The van der Waals surface area contributed by atoms with Crippen LogP contribution in [0.15, 0.2) is 48.5 Å². The van der Waals surface area contributed by atoms with E-state index in [0.717, 1.165) is 67.7 Å². The number of nitrogens with one attached hydrogen (secondary N) is 2. The summed E-state index contributed by atoms with van der Waals surface area (Å²) < 4.78 is 6.01. The number of benzene rings is 2. The van der Waals surface area contributed by atoms with E-state index in [0.29, 0.717) is 6.61 Å². The summed E-state index contributed by atoms with van der Waals surface area (Å²) in [7, 11) is 0. The smallest absolute Gasteiger partial charge is 0.124 e. The highest BCUT2D eigenvalue weighted by atomic mass is 35.5. The molecular weight excluding hydrogens is 334 g/mol. The molecule has 0 atom stereocenters. The number of piperazine rings is 1. The van der Waals surface area contributed by atoms with Gasteiger partial charge in [0.1, 0.15) is 12.4 Å². The van der Waals surface area contributed by atoms with Gasteiger partial charge in [0.25, 0.3) is 0 Å². The molecule has 5 heteroatoms. The fourth-order valence-electron chi connectivity index (χ4n) is 2.96. The summed E-state index contributed by atoms with van der Waals surface area (Å²) in [6, 6.07) is 16.0. The first-order chi connectivity index (χ1) is 12.3. The minimum Gasteiger partial charge on any atom is -0.489 e. The minimum absolute atomic E-state index is 0.566. The van der Waals surface area contributed by atoms with Gasteiger partial charge in [-0.1, -0.05) is 41.9 Å². The van der Waals surface area contributed by atoms with Crippen molar-refractivity contribution in [3.8, 4) is 5.75 Å². The van der Waals surface area contributed by atoms with Crippen LogP contribution in [0, 0.1) is 0 Å². The molecule has 134 valence electrons. The van der Waals surface area contributed by atoms with Gasteiger partial charge in [0.15, 0.2) is 0 Å². The van der Waals surface area contributed by atoms with E-state index in [1.54, 1.807) is 0 Å². The zero-order chi connectivity index (χ0) is 17.3. The van der Waals surface area contributed by atoms with Crippen molar-refractivity contribution in [3.05, 3.63) is 64.7 Å². The lowest BCUT2D eigenvalue weighted by Gasteiger charge is -2.27. The Bertz CT molecular complexity index is 645. The van der Waals surface area contributed by atoms with E-state index < -0.39 is 0 Å². The Labute approximate surface area is 155 Å². The largest absolute Gasteiger partial charge is 0.489 e. The van der Waals surface area contributed by atoms with Crippen molar-refractivity contribution in [2.75, 3.05) is 39.3 Å². The Morgan fingerprint density at radius 2 is 1.88 bits per heavy atom. The van der Waals surface area contributed by atoms with Crippen LogP contribution >= 0.6 is 11.6 Å². The normalized spacial score (nSPS) is 15.2. The summed E-state index contributed by atoms with van der Waals surface area (Å²) in [5, 5.41) is 7.63. The highest BCUT2D eigenvalue weighted by Gasteiger charge is 2.09.